The lowest BCUT2D eigenvalue weighted by Crippen LogP contribution is -2.16. The van der Waals surface area contributed by atoms with Gasteiger partial charge in [-0.05, 0) is 30.7 Å². The van der Waals surface area contributed by atoms with E-state index in [0.717, 1.165) is 31.0 Å². The summed E-state index contributed by atoms with van der Waals surface area (Å²) in [6, 6.07) is 6.12. The molecule has 0 unspecified atom stereocenters. The third-order valence-corrected chi connectivity index (χ3v) is 2.99. The van der Waals surface area contributed by atoms with Gasteiger partial charge in [0, 0.05) is 6.54 Å². The number of hydrogen-bond donors (Lipinski definition) is 1. The molecule has 0 aliphatic carbocycles. The standard InChI is InChI=1S/C15H21NO2/c1-3-12(11-16-4-2)9-13-5-6-14-15(10-13)18-8-7-17-14/h5-6,9-10,16H,3-4,7-8,11H2,1-2H3. The maximum atomic E-state index is 5.59. The van der Waals surface area contributed by atoms with Gasteiger partial charge in [-0.3, -0.25) is 0 Å². The van der Waals surface area contributed by atoms with Gasteiger partial charge in [0.25, 0.3) is 0 Å². The van der Waals surface area contributed by atoms with Crippen LogP contribution in [-0.4, -0.2) is 26.3 Å². The Morgan fingerprint density at radius 1 is 1.22 bits per heavy atom. The highest BCUT2D eigenvalue weighted by Gasteiger charge is 2.10. The number of nitrogens with one attached hydrogen (secondary N) is 1. The van der Waals surface area contributed by atoms with Crippen molar-refractivity contribution in [2.24, 2.45) is 0 Å². The normalized spacial score (nSPS) is 14.7. The van der Waals surface area contributed by atoms with E-state index in [0.29, 0.717) is 13.2 Å². The zero-order valence-corrected chi connectivity index (χ0v) is 11.2. The van der Waals surface area contributed by atoms with Crippen LogP contribution in [0.4, 0.5) is 0 Å². The molecule has 1 aromatic carbocycles. The lowest BCUT2D eigenvalue weighted by Gasteiger charge is -2.18. The molecular weight excluding hydrogens is 226 g/mol. The van der Waals surface area contributed by atoms with Crippen LogP contribution in [0.3, 0.4) is 0 Å². The van der Waals surface area contributed by atoms with Crippen molar-refractivity contribution in [1.82, 2.24) is 5.32 Å². The number of fused-ring (bicyclic) bond motifs is 1. The third-order valence-electron chi connectivity index (χ3n) is 2.99. The molecular formula is C15H21NO2. The van der Waals surface area contributed by atoms with Gasteiger partial charge in [0.1, 0.15) is 13.2 Å². The molecule has 0 spiro atoms. The molecule has 1 aliphatic heterocycles. The van der Waals surface area contributed by atoms with Gasteiger partial charge >= 0.3 is 0 Å². The highest BCUT2D eigenvalue weighted by molar-refractivity contribution is 5.58. The van der Waals surface area contributed by atoms with Gasteiger partial charge in [0.15, 0.2) is 11.5 Å². The molecule has 0 saturated heterocycles. The predicted octanol–water partition coefficient (Wildman–Crippen LogP) is 2.86. The van der Waals surface area contributed by atoms with E-state index in [-0.39, 0.29) is 0 Å². The zero-order chi connectivity index (χ0) is 12.8. The Kier molecular flexibility index (Phi) is 4.65. The molecule has 1 aromatic rings. The second-order valence-corrected chi connectivity index (χ2v) is 4.34. The van der Waals surface area contributed by atoms with Crippen molar-refractivity contribution < 1.29 is 9.47 Å². The molecule has 18 heavy (non-hydrogen) atoms. The van der Waals surface area contributed by atoms with Crippen LogP contribution in [0.15, 0.2) is 23.8 Å². The van der Waals surface area contributed by atoms with Crippen molar-refractivity contribution in [2.45, 2.75) is 20.3 Å². The topological polar surface area (TPSA) is 30.5 Å². The van der Waals surface area contributed by atoms with Gasteiger partial charge in [-0.1, -0.05) is 31.6 Å². The SMILES string of the molecule is CCNCC(=Cc1ccc2c(c1)OCCO2)CC. The smallest absolute Gasteiger partial charge is 0.161 e. The first-order valence-corrected chi connectivity index (χ1v) is 6.63. The summed E-state index contributed by atoms with van der Waals surface area (Å²) in [6.07, 6.45) is 3.28. The first-order valence-electron chi connectivity index (χ1n) is 6.63. The quantitative estimate of drug-likeness (QED) is 0.868. The minimum atomic E-state index is 0.637. The van der Waals surface area contributed by atoms with Crippen LogP contribution in [0.2, 0.25) is 0 Å². The lowest BCUT2D eigenvalue weighted by atomic mass is 10.1. The first kappa shape index (κ1) is 13.0. The number of hydrogen-bond acceptors (Lipinski definition) is 3. The fourth-order valence-corrected chi connectivity index (χ4v) is 1.95. The van der Waals surface area contributed by atoms with Crippen molar-refractivity contribution in [3.8, 4) is 11.5 Å². The molecule has 0 bridgehead atoms. The van der Waals surface area contributed by atoms with Crippen molar-refractivity contribution in [1.29, 1.82) is 0 Å². The van der Waals surface area contributed by atoms with E-state index in [4.69, 9.17) is 9.47 Å². The van der Waals surface area contributed by atoms with Crippen LogP contribution < -0.4 is 14.8 Å². The second-order valence-electron chi connectivity index (χ2n) is 4.34. The van der Waals surface area contributed by atoms with Gasteiger partial charge < -0.3 is 14.8 Å². The number of ether oxygens (including phenoxy) is 2. The Hall–Kier alpha value is -1.48. The molecule has 1 N–H and O–H groups in total. The summed E-state index contributed by atoms with van der Waals surface area (Å²) < 4.78 is 11.1. The second kappa shape index (κ2) is 6.45. The minimum Gasteiger partial charge on any atom is -0.486 e. The molecule has 98 valence electrons. The molecule has 2 rings (SSSR count). The highest BCUT2D eigenvalue weighted by atomic mass is 16.6. The van der Waals surface area contributed by atoms with Crippen molar-refractivity contribution in [2.75, 3.05) is 26.3 Å². The maximum absolute atomic E-state index is 5.59. The van der Waals surface area contributed by atoms with Gasteiger partial charge in [-0.15, -0.1) is 0 Å². The lowest BCUT2D eigenvalue weighted by molar-refractivity contribution is 0.171. The molecule has 1 aliphatic rings. The fourth-order valence-electron chi connectivity index (χ4n) is 1.95. The minimum absolute atomic E-state index is 0.637. The summed E-state index contributed by atoms with van der Waals surface area (Å²) in [6.45, 7) is 7.53. The largest absolute Gasteiger partial charge is 0.486 e. The van der Waals surface area contributed by atoms with Crippen LogP contribution in [-0.2, 0) is 0 Å². The first-order chi connectivity index (χ1) is 8.83. The summed E-state index contributed by atoms with van der Waals surface area (Å²) >= 11 is 0. The summed E-state index contributed by atoms with van der Waals surface area (Å²) in [5.74, 6) is 1.71. The van der Waals surface area contributed by atoms with E-state index >= 15 is 0 Å². The molecule has 3 heteroatoms. The van der Waals surface area contributed by atoms with Gasteiger partial charge in [0.05, 0.1) is 0 Å². The number of rotatable bonds is 5. The van der Waals surface area contributed by atoms with E-state index in [2.05, 4.69) is 37.4 Å². The Bertz CT molecular complexity index is 427. The Morgan fingerprint density at radius 3 is 2.72 bits per heavy atom. The van der Waals surface area contributed by atoms with Crippen LogP contribution in [0.1, 0.15) is 25.8 Å². The molecule has 0 amide bonds. The van der Waals surface area contributed by atoms with Gasteiger partial charge in [-0.2, -0.15) is 0 Å². The average Bonchev–Trinajstić information content (AvgIpc) is 2.43. The Labute approximate surface area is 109 Å². The molecule has 0 radical (unpaired) electrons. The van der Waals surface area contributed by atoms with Crippen LogP contribution >= 0.6 is 0 Å². The zero-order valence-electron chi connectivity index (χ0n) is 11.2. The van der Waals surface area contributed by atoms with E-state index in [1.807, 2.05) is 6.07 Å². The monoisotopic (exact) mass is 247 g/mol. The fraction of sp³-hybridized carbons (Fsp3) is 0.467. The van der Waals surface area contributed by atoms with E-state index in [9.17, 15) is 0 Å². The number of likely N-dealkylation sites (N-methyl/N-ethyl adjacent to an activating group) is 1. The molecule has 0 fully saturated rings. The van der Waals surface area contributed by atoms with Crippen molar-refractivity contribution in [3.05, 3.63) is 29.3 Å². The molecule has 0 aromatic heterocycles. The summed E-state index contributed by atoms with van der Waals surface area (Å²) in [4.78, 5) is 0. The van der Waals surface area contributed by atoms with Crippen molar-refractivity contribution >= 4 is 6.08 Å². The molecule has 3 nitrogen and oxygen atoms in total. The summed E-state index contributed by atoms with van der Waals surface area (Å²) in [7, 11) is 0. The molecule has 0 atom stereocenters. The van der Waals surface area contributed by atoms with Gasteiger partial charge in [0.2, 0.25) is 0 Å². The average molecular weight is 247 g/mol. The Morgan fingerprint density at radius 2 is 2.00 bits per heavy atom. The predicted molar refractivity (Wildman–Crippen MR) is 74.2 cm³/mol. The third kappa shape index (κ3) is 3.26. The summed E-state index contributed by atoms with van der Waals surface area (Å²) in [5.41, 5.74) is 2.57. The van der Waals surface area contributed by atoms with Crippen LogP contribution in [0, 0.1) is 0 Å². The Balaban J connectivity index is 2.14. The van der Waals surface area contributed by atoms with Crippen molar-refractivity contribution in [3.63, 3.8) is 0 Å². The van der Waals surface area contributed by atoms with Gasteiger partial charge in [-0.25, -0.2) is 0 Å². The van der Waals surface area contributed by atoms with E-state index in [1.54, 1.807) is 0 Å². The van der Waals surface area contributed by atoms with Crippen LogP contribution in [0.5, 0.6) is 11.5 Å². The highest BCUT2D eigenvalue weighted by Crippen LogP contribution is 2.31. The molecule has 1 heterocycles. The molecule has 0 saturated carbocycles. The van der Waals surface area contributed by atoms with E-state index < -0.39 is 0 Å². The van der Waals surface area contributed by atoms with E-state index in [1.165, 1.54) is 11.1 Å². The maximum Gasteiger partial charge on any atom is 0.161 e. The summed E-state index contributed by atoms with van der Waals surface area (Å²) in [5, 5.41) is 3.36. The number of benzene rings is 1. The van der Waals surface area contributed by atoms with Crippen LogP contribution in [0.25, 0.3) is 6.08 Å².